The Balaban J connectivity index is 2.16. The van der Waals surface area contributed by atoms with Crippen LogP contribution in [0.15, 0.2) is 42.0 Å². The van der Waals surface area contributed by atoms with E-state index < -0.39 is 0 Å². The lowest BCUT2D eigenvalue weighted by Crippen LogP contribution is -1.82. The zero-order chi connectivity index (χ0) is 9.10. The molecule has 0 amide bonds. The summed E-state index contributed by atoms with van der Waals surface area (Å²) in [6.45, 7) is 2.07. The lowest BCUT2D eigenvalue weighted by atomic mass is 10.1. The summed E-state index contributed by atoms with van der Waals surface area (Å²) >= 11 is 0. The second kappa shape index (κ2) is 3.61. The molecule has 1 aromatic rings. The summed E-state index contributed by atoms with van der Waals surface area (Å²) in [5.74, 6) is 0. The van der Waals surface area contributed by atoms with Gasteiger partial charge in [0.15, 0.2) is 0 Å². The minimum absolute atomic E-state index is 1.10. The molecule has 0 nitrogen and oxygen atoms in total. The highest BCUT2D eigenvalue weighted by atomic mass is 14.1. The first kappa shape index (κ1) is 8.31. The summed E-state index contributed by atoms with van der Waals surface area (Å²) in [6.07, 6.45) is 8.89. The summed E-state index contributed by atoms with van der Waals surface area (Å²) in [6, 6.07) is 8.63. The summed E-state index contributed by atoms with van der Waals surface area (Å²) in [5, 5.41) is 0. The van der Waals surface area contributed by atoms with Gasteiger partial charge in [-0.3, -0.25) is 0 Å². The number of rotatable bonds is 2. The fourth-order valence-corrected chi connectivity index (χ4v) is 1.75. The van der Waals surface area contributed by atoms with Crippen molar-refractivity contribution in [1.29, 1.82) is 0 Å². The van der Waals surface area contributed by atoms with E-state index in [0.717, 1.165) is 12.8 Å². The molecule has 0 heteroatoms. The van der Waals surface area contributed by atoms with Crippen molar-refractivity contribution in [2.75, 3.05) is 0 Å². The number of hydrogen-bond donors (Lipinski definition) is 0. The van der Waals surface area contributed by atoms with Crippen molar-refractivity contribution >= 4 is 6.08 Å². The molecule has 66 valence electrons. The maximum absolute atomic E-state index is 2.31. The summed E-state index contributed by atoms with van der Waals surface area (Å²) in [7, 11) is 0. The van der Waals surface area contributed by atoms with Crippen molar-refractivity contribution in [3.05, 3.63) is 53.1 Å². The van der Waals surface area contributed by atoms with Gasteiger partial charge in [0.1, 0.15) is 0 Å². The Bertz CT molecular complexity index is 356. The van der Waals surface area contributed by atoms with E-state index in [0.29, 0.717) is 0 Å². The molecular formula is C13H14. The monoisotopic (exact) mass is 170 g/mol. The highest BCUT2D eigenvalue weighted by Crippen LogP contribution is 2.26. The zero-order valence-corrected chi connectivity index (χ0v) is 7.96. The van der Waals surface area contributed by atoms with Crippen molar-refractivity contribution in [1.82, 2.24) is 0 Å². The molecule has 0 saturated carbocycles. The molecular weight excluding hydrogens is 156 g/mol. The van der Waals surface area contributed by atoms with Crippen LogP contribution < -0.4 is 0 Å². The number of benzene rings is 1. The minimum Gasteiger partial charge on any atom is -0.0913 e. The van der Waals surface area contributed by atoms with E-state index in [1.165, 1.54) is 16.7 Å². The fraction of sp³-hybridized carbons (Fsp3) is 0.231. The minimum atomic E-state index is 1.10. The van der Waals surface area contributed by atoms with Crippen molar-refractivity contribution in [3.63, 3.8) is 0 Å². The van der Waals surface area contributed by atoms with Crippen LogP contribution in [0.5, 0.6) is 0 Å². The van der Waals surface area contributed by atoms with E-state index in [9.17, 15) is 0 Å². The molecule has 2 rings (SSSR count). The third kappa shape index (κ3) is 1.72. The average Bonchev–Trinajstić information content (AvgIpc) is 2.57. The second-order valence-corrected chi connectivity index (χ2v) is 3.45. The molecule has 0 N–H and O–H groups in total. The average molecular weight is 170 g/mol. The SMILES string of the molecule is CC=CCC1=Cc2ccccc2C1. The molecule has 0 heterocycles. The van der Waals surface area contributed by atoms with Crippen LogP contribution in [0.3, 0.4) is 0 Å². The highest BCUT2D eigenvalue weighted by molar-refractivity contribution is 5.63. The van der Waals surface area contributed by atoms with Crippen LogP contribution in [0.25, 0.3) is 6.08 Å². The molecule has 0 atom stereocenters. The van der Waals surface area contributed by atoms with Gasteiger partial charge in [0.2, 0.25) is 0 Å². The molecule has 1 aliphatic rings. The van der Waals surface area contributed by atoms with Gasteiger partial charge in [-0.15, -0.1) is 0 Å². The van der Waals surface area contributed by atoms with Crippen LogP contribution in [0.1, 0.15) is 24.5 Å². The molecule has 0 fully saturated rings. The first-order valence-corrected chi connectivity index (χ1v) is 4.78. The van der Waals surface area contributed by atoms with Crippen molar-refractivity contribution in [3.8, 4) is 0 Å². The van der Waals surface area contributed by atoms with Crippen molar-refractivity contribution in [2.45, 2.75) is 19.8 Å². The summed E-state index contributed by atoms with van der Waals surface area (Å²) in [5.41, 5.74) is 4.41. The van der Waals surface area contributed by atoms with Gasteiger partial charge in [0.25, 0.3) is 0 Å². The standard InChI is InChI=1S/C13H14/c1-2-3-6-11-9-12-7-4-5-8-13(12)10-11/h2-5,7-9H,6,10H2,1H3. The lowest BCUT2D eigenvalue weighted by molar-refractivity contribution is 1.11. The summed E-state index contributed by atoms with van der Waals surface area (Å²) < 4.78 is 0. The van der Waals surface area contributed by atoms with Crippen LogP contribution in [-0.2, 0) is 6.42 Å². The van der Waals surface area contributed by atoms with Gasteiger partial charge in [0.05, 0.1) is 0 Å². The molecule has 0 unspecified atom stereocenters. The Morgan fingerprint density at radius 3 is 2.92 bits per heavy atom. The Morgan fingerprint density at radius 2 is 2.15 bits per heavy atom. The smallest absolute Gasteiger partial charge is 0.00547 e. The Kier molecular flexibility index (Phi) is 2.31. The molecule has 0 radical (unpaired) electrons. The maximum atomic E-state index is 2.31. The van der Waals surface area contributed by atoms with Gasteiger partial charge in [-0.05, 0) is 30.9 Å². The van der Waals surface area contributed by atoms with Crippen LogP contribution in [0.2, 0.25) is 0 Å². The Morgan fingerprint density at radius 1 is 1.31 bits per heavy atom. The molecule has 1 aromatic carbocycles. The number of fused-ring (bicyclic) bond motifs is 1. The van der Waals surface area contributed by atoms with Crippen LogP contribution >= 0.6 is 0 Å². The predicted molar refractivity (Wildman–Crippen MR) is 57.6 cm³/mol. The highest BCUT2D eigenvalue weighted by Gasteiger charge is 2.09. The van der Waals surface area contributed by atoms with Gasteiger partial charge >= 0.3 is 0 Å². The zero-order valence-electron chi connectivity index (χ0n) is 7.96. The molecule has 0 saturated heterocycles. The van der Waals surface area contributed by atoms with E-state index in [-0.39, 0.29) is 0 Å². The van der Waals surface area contributed by atoms with E-state index in [2.05, 4.69) is 49.4 Å². The molecule has 0 aliphatic heterocycles. The summed E-state index contributed by atoms with van der Waals surface area (Å²) in [4.78, 5) is 0. The van der Waals surface area contributed by atoms with Gasteiger partial charge in [0, 0.05) is 0 Å². The lowest BCUT2D eigenvalue weighted by Gasteiger charge is -1.96. The third-order valence-electron chi connectivity index (χ3n) is 2.45. The van der Waals surface area contributed by atoms with Crippen molar-refractivity contribution < 1.29 is 0 Å². The Labute approximate surface area is 79.6 Å². The van der Waals surface area contributed by atoms with E-state index in [4.69, 9.17) is 0 Å². The van der Waals surface area contributed by atoms with Crippen LogP contribution in [-0.4, -0.2) is 0 Å². The third-order valence-corrected chi connectivity index (χ3v) is 2.45. The van der Waals surface area contributed by atoms with Crippen LogP contribution in [0, 0.1) is 0 Å². The van der Waals surface area contributed by atoms with Crippen molar-refractivity contribution in [2.24, 2.45) is 0 Å². The molecule has 0 spiro atoms. The topological polar surface area (TPSA) is 0 Å². The molecule has 13 heavy (non-hydrogen) atoms. The van der Waals surface area contributed by atoms with Gasteiger partial charge < -0.3 is 0 Å². The van der Waals surface area contributed by atoms with Gasteiger partial charge in [-0.2, -0.15) is 0 Å². The van der Waals surface area contributed by atoms with E-state index in [1.54, 1.807) is 0 Å². The van der Waals surface area contributed by atoms with Gasteiger partial charge in [-0.1, -0.05) is 48.1 Å². The number of hydrogen-bond acceptors (Lipinski definition) is 0. The van der Waals surface area contributed by atoms with E-state index in [1.807, 2.05) is 0 Å². The molecule has 0 aromatic heterocycles. The Hall–Kier alpha value is -1.30. The molecule has 1 aliphatic carbocycles. The largest absolute Gasteiger partial charge is 0.0913 e. The second-order valence-electron chi connectivity index (χ2n) is 3.45. The number of allylic oxidation sites excluding steroid dienone is 3. The quantitative estimate of drug-likeness (QED) is 0.595. The maximum Gasteiger partial charge on any atom is -0.00547 e. The van der Waals surface area contributed by atoms with E-state index >= 15 is 0 Å². The molecule has 0 bridgehead atoms. The first-order valence-electron chi connectivity index (χ1n) is 4.78. The first-order chi connectivity index (χ1) is 6.40. The normalized spacial score (nSPS) is 14.7. The fourth-order valence-electron chi connectivity index (χ4n) is 1.75. The van der Waals surface area contributed by atoms with Gasteiger partial charge in [-0.25, -0.2) is 0 Å². The predicted octanol–water partition coefficient (Wildman–Crippen LogP) is 3.59. The van der Waals surface area contributed by atoms with Crippen LogP contribution in [0.4, 0.5) is 0 Å².